The van der Waals surface area contributed by atoms with Gasteiger partial charge in [-0.15, -0.1) is 22.9 Å². The monoisotopic (exact) mass is 468 g/mol. The molecule has 0 fully saturated rings. The number of thiophene rings is 1. The number of methoxy groups -OCH3 is 1. The Balaban J connectivity index is 1.82. The third-order valence-corrected chi connectivity index (χ3v) is 6.67. The number of alkyl halides is 1. The molecule has 0 aliphatic carbocycles. The molecule has 30 heavy (non-hydrogen) atoms. The Morgan fingerprint density at radius 2 is 2.03 bits per heavy atom. The first kappa shape index (κ1) is 23.1. The lowest BCUT2D eigenvalue weighted by Crippen LogP contribution is -2.47. The molecule has 0 saturated carbocycles. The van der Waals surface area contributed by atoms with Gasteiger partial charge in [-0.1, -0.05) is 23.7 Å². The van der Waals surface area contributed by atoms with E-state index in [-0.39, 0.29) is 36.7 Å². The first-order chi connectivity index (χ1) is 14.5. The first-order valence-corrected chi connectivity index (χ1v) is 11.8. The summed E-state index contributed by atoms with van der Waals surface area (Å²) in [7, 11) is 1.62. The largest absolute Gasteiger partial charge is 0.385 e. The van der Waals surface area contributed by atoms with Crippen molar-refractivity contribution in [2.24, 2.45) is 0 Å². The van der Waals surface area contributed by atoms with Crippen LogP contribution >= 0.6 is 34.5 Å². The van der Waals surface area contributed by atoms with E-state index in [1.165, 1.54) is 4.88 Å². The quantitative estimate of drug-likeness (QED) is 0.405. The summed E-state index contributed by atoms with van der Waals surface area (Å²) in [6.45, 7) is 1.67. The van der Waals surface area contributed by atoms with Gasteiger partial charge in [-0.05, 0) is 47.5 Å². The van der Waals surface area contributed by atoms with Crippen LogP contribution in [-0.2, 0) is 20.7 Å². The van der Waals surface area contributed by atoms with Crippen molar-refractivity contribution in [1.29, 1.82) is 0 Å². The van der Waals surface area contributed by atoms with Crippen molar-refractivity contribution in [1.82, 2.24) is 9.80 Å². The number of halogens is 2. The van der Waals surface area contributed by atoms with Crippen LogP contribution in [0.3, 0.4) is 0 Å². The van der Waals surface area contributed by atoms with E-state index in [0.717, 1.165) is 17.5 Å². The molecule has 0 spiro atoms. The zero-order chi connectivity index (χ0) is 21.5. The summed E-state index contributed by atoms with van der Waals surface area (Å²) in [6.07, 6.45) is 1.71. The lowest BCUT2D eigenvalue weighted by molar-refractivity contribution is -0.141. The summed E-state index contributed by atoms with van der Waals surface area (Å²) >= 11 is 13.6. The Bertz CT molecular complexity index is 856. The molecular weight excluding hydrogens is 443 g/mol. The van der Waals surface area contributed by atoms with E-state index in [9.17, 15) is 9.59 Å². The van der Waals surface area contributed by atoms with Crippen molar-refractivity contribution in [2.75, 3.05) is 39.2 Å². The maximum absolute atomic E-state index is 13.4. The number of benzene rings is 1. The van der Waals surface area contributed by atoms with E-state index in [4.69, 9.17) is 27.9 Å². The predicted molar refractivity (Wildman–Crippen MR) is 121 cm³/mol. The van der Waals surface area contributed by atoms with Gasteiger partial charge in [0.25, 0.3) is 0 Å². The van der Waals surface area contributed by atoms with Crippen molar-refractivity contribution in [3.63, 3.8) is 0 Å². The van der Waals surface area contributed by atoms with E-state index < -0.39 is 0 Å². The van der Waals surface area contributed by atoms with Crippen molar-refractivity contribution in [3.05, 3.63) is 56.7 Å². The third-order valence-electron chi connectivity index (χ3n) is 5.24. The summed E-state index contributed by atoms with van der Waals surface area (Å²) in [5, 5.41) is 2.73. The molecule has 2 aromatic rings. The normalized spacial score (nSPS) is 15.7. The Morgan fingerprint density at radius 3 is 2.73 bits per heavy atom. The molecule has 1 atom stereocenters. The van der Waals surface area contributed by atoms with Gasteiger partial charge in [-0.3, -0.25) is 9.59 Å². The standard InChI is InChI=1S/C22H26Cl2N2O3S/c1-29-13-2-11-25(20(27)7-10-23)15-21(28)26-12-8-19-18(9-14-30-19)22(26)16-3-5-17(24)6-4-16/h3-6,9,14,22H,2,7-8,10-13,15H2,1H3. The van der Waals surface area contributed by atoms with Gasteiger partial charge >= 0.3 is 0 Å². The summed E-state index contributed by atoms with van der Waals surface area (Å²) in [5.74, 6) is 0.0706. The fraction of sp³-hybridized carbons (Fsp3) is 0.455. The topological polar surface area (TPSA) is 49.9 Å². The minimum absolute atomic E-state index is 0.0446. The molecule has 1 aliphatic rings. The second-order valence-electron chi connectivity index (χ2n) is 7.19. The third kappa shape index (κ3) is 5.55. The van der Waals surface area contributed by atoms with Crippen LogP contribution in [0.5, 0.6) is 0 Å². The number of hydrogen-bond acceptors (Lipinski definition) is 4. The van der Waals surface area contributed by atoms with Gasteiger partial charge in [0.2, 0.25) is 11.8 Å². The Kier molecular flexibility index (Phi) is 8.57. The lowest BCUT2D eigenvalue weighted by atomic mass is 9.93. The van der Waals surface area contributed by atoms with Crippen LogP contribution < -0.4 is 0 Å². The smallest absolute Gasteiger partial charge is 0.242 e. The maximum Gasteiger partial charge on any atom is 0.242 e. The Hall–Kier alpha value is -1.60. The van der Waals surface area contributed by atoms with Gasteiger partial charge < -0.3 is 14.5 Å². The number of ether oxygens (including phenoxy) is 1. The highest BCUT2D eigenvalue weighted by molar-refractivity contribution is 7.10. The molecule has 1 aromatic heterocycles. The maximum atomic E-state index is 13.4. The first-order valence-electron chi connectivity index (χ1n) is 9.99. The fourth-order valence-electron chi connectivity index (χ4n) is 3.77. The van der Waals surface area contributed by atoms with Gasteiger partial charge in [-0.25, -0.2) is 0 Å². The molecular formula is C22H26Cl2N2O3S. The van der Waals surface area contributed by atoms with Crippen LogP contribution in [0.1, 0.15) is 34.9 Å². The Labute approximate surface area is 191 Å². The SMILES string of the molecule is COCCCN(CC(=O)N1CCc2sccc2C1c1ccc(Cl)cc1)C(=O)CCCl. The minimum atomic E-state index is -0.172. The van der Waals surface area contributed by atoms with Gasteiger partial charge in [0, 0.05) is 49.0 Å². The second-order valence-corrected chi connectivity index (χ2v) is 9.01. The molecule has 0 saturated heterocycles. The van der Waals surface area contributed by atoms with E-state index in [2.05, 4.69) is 11.4 Å². The summed E-state index contributed by atoms with van der Waals surface area (Å²) < 4.78 is 5.10. The van der Waals surface area contributed by atoms with Crippen LogP contribution in [0.15, 0.2) is 35.7 Å². The molecule has 8 heteroatoms. The number of rotatable bonds is 9. The van der Waals surface area contributed by atoms with Crippen LogP contribution in [0.25, 0.3) is 0 Å². The number of hydrogen-bond donors (Lipinski definition) is 0. The summed E-state index contributed by atoms with van der Waals surface area (Å²) in [5.41, 5.74) is 2.17. The highest BCUT2D eigenvalue weighted by atomic mass is 35.5. The van der Waals surface area contributed by atoms with Crippen molar-refractivity contribution in [3.8, 4) is 0 Å². The molecule has 0 radical (unpaired) electrons. The van der Waals surface area contributed by atoms with Crippen LogP contribution in [-0.4, -0.2) is 60.8 Å². The van der Waals surface area contributed by atoms with Gasteiger partial charge in [0.1, 0.15) is 0 Å². The van der Waals surface area contributed by atoms with Crippen molar-refractivity contribution >= 4 is 46.4 Å². The highest BCUT2D eigenvalue weighted by Gasteiger charge is 2.33. The second kappa shape index (κ2) is 11.1. The van der Waals surface area contributed by atoms with Crippen LogP contribution in [0.2, 0.25) is 5.02 Å². The highest BCUT2D eigenvalue weighted by Crippen LogP contribution is 2.38. The molecule has 0 N–H and O–H groups in total. The molecule has 1 aromatic carbocycles. The lowest BCUT2D eigenvalue weighted by Gasteiger charge is -2.37. The molecule has 1 unspecified atom stereocenters. The van der Waals surface area contributed by atoms with Gasteiger partial charge in [0.15, 0.2) is 0 Å². The number of carbonyl (C=O) groups is 2. The summed E-state index contributed by atoms with van der Waals surface area (Å²) in [4.78, 5) is 30.7. The average molecular weight is 469 g/mol. The molecule has 2 heterocycles. The Morgan fingerprint density at radius 1 is 1.27 bits per heavy atom. The van der Waals surface area contributed by atoms with Crippen molar-refractivity contribution < 1.29 is 14.3 Å². The summed E-state index contributed by atoms with van der Waals surface area (Å²) in [6, 6.07) is 9.55. The number of carbonyl (C=O) groups excluding carboxylic acids is 2. The molecule has 3 rings (SSSR count). The van der Waals surface area contributed by atoms with E-state index >= 15 is 0 Å². The molecule has 1 aliphatic heterocycles. The zero-order valence-corrected chi connectivity index (χ0v) is 19.3. The van der Waals surface area contributed by atoms with Gasteiger partial charge in [-0.2, -0.15) is 0 Å². The van der Waals surface area contributed by atoms with Gasteiger partial charge in [0.05, 0.1) is 12.6 Å². The average Bonchev–Trinajstić information content (AvgIpc) is 3.22. The predicted octanol–water partition coefficient (Wildman–Crippen LogP) is 4.37. The molecule has 162 valence electrons. The van der Waals surface area contributed by atoms with E-state index in [0.29, 0.717) is 31.1 Å². The zero-order valence-electron chi connectivity index (χ0n) is 17.0. The van der Waals surface area contributed by atoms with Crippen LogP contribution in [0, 0.1) is 0 Å². The molecule has 5 nitrogen and oxygen atoms in total. The molecule has 0 bridgehead atoms. The minimum Gasteiger partial charge on any atom is -0.385 e. The van der Waals surface area contributed by atoms with E-state index in [1.807, 2.05) is 29.2 Å². The number of amides is 2. The fourth-order valence-corrected chi connectivity index (χ4v) is 4.97. The van der Waals surface area contributed by atoms with Crippen molar-refractivity contribution in [2.45, 2.75) is 25.3 Å². The molecule has 2 amide bonds. The van der Waals surface area contributed by atoms with Crippen LogP contribution in [0.4, 0.5) is 0 Å². The number of nitrogens with zero attached hydrogens (tertiary/aromatic N) is 2. The number of fused-ring (bicyclic) bond motifs is 1. The van der Waals surface area contributed by atoms with E-state index in [1.54, 1.807) is 23.3 Å².